The fourth-order valence-electron chi connectivity index (χ4n) is 3.63. The number of ether oxygens (including phenoxy) is 1. The molecule has 1 fully saturated rings. The first-order valence-corrected chi connectivity index (χ1v) is 13.1. The Balaban J connectivity index is 0.000000832. The second kappa shape index (κ2) is 20.7. The van der Waals surface area contributed by atoms with Crippen LogP contribution in [-0.4, -0.2) is 100.0 Å². The van der Waals surface area contributed by atoms with Gasteiger partial charge in [0.05, 0.1) is 31.8 Å². The number of β-amino-alcohol motifs (C(OH)–C–C–N with tert-alkyl or cyclic N) is 1. The van der Waals surface area contributed by atoms with Crippen molar-refractivity contribution in [3.63, 3.8) is 0 Å². The fraction of sp³-hybridized carbons (Fsp3) is 0.731. The zero-order chi connectivity index (χ0) is 28.2. The largest absolute Gasteiger partial charge is 0.465 e. The number of nitrogens with one attached hydrogen (secondary N) is 1. The van der Waals surface area contributed by atoms with Crippen LogP contribution in [0.2, 0.25) is 0 Å². The molecule has 0 aliphatic carbocycles. The predicted molar refractivity (Wildman–Crippen MR) is 142 cm³/mol. The zero-order valence-electron chi connectivity index (χ0n) is 22.6. The molecular formula is C26H47N3O8. The number of piperidine rings is 1. The molecule has 4 atom stereocenters. The highest BCUT2D eigenvalue weighted by atomic mass is 16.6. The van der Waals surface area contributed by atoms with Crippen LogP contribution >= 0.6 is 0 Å². The maximum Gasteiger partial charge on any atom is 0.310 e. The Bertz CT molecular complexity index is 727. The van der Waals surface area contributed by atoms with E-state index in [0.29, 0.717) is 25.3 Å². The number of carbonyl (C=O) groups excluding carboxylic acids is 1. The molecule has 0 aromatic heterocycles. The molecule has 11 nitrogen and oxygen atoms in total. The number of likely N-dealkylation sites (tertiary alicyclic amines) is 1. The van der Waals surface area contributed by atoms with Gasteiger partial charge in [-0.05, 0) is 37.1 Å². The Hall–Kier alpha value is -2.31. The molecule has 1 saturated heterocycles. The van der Waals surface area contributed by atoms with Crippen molar-refractivity contribution in [1.29, 1.82) is 0 Å². The third-order valence-corrected chi connectivity index (χ3v) is 5.82. The molecule has 0 bridgehead atoms. The van der Waals surface area contributed by atoms with Crippen LogP contribution in [0.1, 0.15) is 59.3 Å². The van der Waals surface area contributed by atoms with Gasteiger partial charge < -0.3 is 30.5 Å². The lowest BCUT2D eigenvalue weighted by Gasteiger charge is -2.42. The van der Waals surface area contributed by atoms with E-state index in [-0.39, 0.29) is 25.5 Å². The van der Waals surface area contributed by atoms with Crippen LogP contribution in [0, 0.1) is 10.1 Å². The molecule has 1 heterocycles. The second-order valence-corrected chi connectivity index (χ2v) is 8.92. The summed E-state index contributed by atoms with van der Waals surface area (Å²) in [6.45, 7) is 11.4. The van der Waals surface area contributed by atoms with Gasteiger partial charge in [0.15, 0.2) is 0 Å². The molecule has 0 aromatic carbocycles. The molecule has 0 saturated carbocycles. The van der Waals surface area contributed by atoms with E-state index in [9.17, 15) is 30.2 Å². The van der Waals surface area contributed by atoms with Crippen LogP contribution in [0.3, 0.4) is 0 Å². The highest BCUT2D eigenvalue weighted by Gasteiger charge is 2.40. The molecule has 1 unspecified atom stereocenters. The van der Waals surface area contributed by atoms with Gasteiger partial charge in [-0.3, -0.25) is 19.8 Å². The van der Waals surface area contributed by atoms with Crippen molar-refractivity contribution < 1.29 is 34.9 Å². The third kappa shape index (κ3) is 15.5. The second-order valence-electron chi connectivity index (χ2n) is 8.92. The summed E-state index contributed by atoms with van der Waals surface area (Å²) in [6.07, 6.45) is 7.12. The summed E-state index contributed by atoms with van der Waals surface area (Å²) >= 11 is 0. The van der Waals surface area contributed by atoms with Crippen molar-refractivity contribution in [2.75, 3.05) is 39.4 Å². The lowest BCUT2D eigenvalue weighted by molar-refractivity contribution is -0.468. The molecule has 37 heavy (non-hydrogen) atoms. The third-order valence-electron chi connectivity index (χ3n) is 5.82. The van der Waals surface area contributed by atoms with Crippen molar-refractivity contribution >= 4 is 5.97 Å². The SMILES string of the molecule is C=C(/C=C\C(=C/C[N+](=O)[O-])CC(=O)OCCC)NCCCCCC.CCN1C[C@H](O)[C@@H](O)[C@H](O)C1CO. The lowest BCUT2D eigenvalue weighted by Crippen LogP contribution is -2.62. The molecule has 1 aliphatic heterocycles. The van der Waals surface area contributed by atoms with E-state index in [1.807, 2.05) is 13.8 Å². The zero-order valence-corrected chi connectivity index (χ0v) is 22.6. The van der Waals surface area contributed by atoms with Gasteiger partial charge in [0.2, 0.25) is 6.54 Å². The maximum absolute atomic E-state index is 11.7. The van der Waals surface area contributed by atoms with Crippen LogP contribution in [0.4, 0.5) is 0 Å². The average molecular weight is 530 g/mol. The van der Waals surface area contributed by atoms with Crippen LogP contribution in [0.5, 0.6) is 0 Å². The number of esters is 1. The van der Waals surface area contributed by atoms with E-state index in [4.69, 9.17) is 9.84 Å². The number of aliphatic hydroxyl groups is 4. The summed E-state index contributed by atoms with van der Waals surface area (Å²) in [7, 11) is 0. The maximum atomic E-state index is 11.7. The summed E-state index contributed by atoms with van der Waals surface area (Å²) in [4.78, 5) is 23.5. The number of carbonyl (C=O) groups is 1. The molecule has 1 aliphatic rings. The Morgan fingerprint density at radius 3 is 2.41 bits per heavy atom. The minimum Gasteiger partial charge on any atom is -0.465 e. The van der Waals surface area contributed by atoms with Crippen LogP contribution in [0.15, 0.2) is 36.1 Å². The van der Waals surface area contributed by atoms with Crippen molar-refractivity contribution in [3.05, 3.63) is 46.2 Å². The van der Waals surface area contributed by atoms with E-state index in [2.05, 4.69) is 18.8 Å². The number of unbranched alkanes of at least 4 members (excludes halogenated alkanes) is 3. The highest BCUT2D eigenvalue weighted by molar-refractivity contribution is 5.73. The molecule has 0 aromatic rings. The number of likely N-dealkylation sites (N-methyl/N-ethyl adjacent to an activating group) is 1. The normalized spacial score (nSPS) is 22.3. The molecular weight excluding hydrogens is 482 g/mol. The Morgan fingerprint density at radius 2 is 1.84 bits per heavy atom. The van der Waals surface area contributed by atoms with Crippen molar-refractivity contribution in [3.8, 4) is 0 Å². The summed E-state index contributed by atoms with van der Waals surface area (Å²) in [5, 5.41) is 50.8. The van der Waals surface area contributed by atoms with Gasteiger partial charge >= 0.3 is 5.97 Å². The summed E-state index contributed by atoms with van der Waals surface area (Å²) in [5.41, 5.74) is 1.28. The van der Waals surface area contributed by atoms with Gasteiger partial charge in [0.25, 0.3) is 0 Å². The van der Waals surface area contributed by atoms with Crippen LogP contribution in [0.25, 0.3) is 0 Å². The monoisotopic (exact) mass is 529 g/mol. The van der Waals surface area contributed by atoms with Gasteiger partial charge in [-0.1, -0.05) is 52.7 Å². The number of aliphatic hydroxyl groups excluding tert-OH is 4. The van der Waals surface area contributed by atoms with Crippen LogP contribution in [-0.2, 0) is 9.53 Å². The molecule has 214 valence electrons. The number of nitrogens with zero attached hydrogens (tertiary/aromatic N) is 2. The fourth-order valence-corrected chi connectivity index (χ4v) is 3.63. The number of allylic oxidation sites excluding steroid dienone is 2. The minimum absolute atomic E-state index is 0.0219. The first-order chi connectivity index (χ1) is 17.6. The average Bonchev–Trinajstić information content (AvgIpc) is 2.87. The first-order valence-electron chi connectivity index (χ1n) is 13.1. The number of hydrogen-bond donors (Lipinski definition) is 5. The highest BCUT2D eigenvalue weighted by Crippen LogP contribution is 2.18. The topological polar surface area (TPSA) is 166 Å². The summed E-state index contributed by atoms with van der Waals surface area (Å²) in [5.74, 6) is -0.380. The number of hydrogen-bond acceptors (Lipinski definition) is 10. The summed E-state index contributed by atoms with van der Waals surface area (Å²) in [6, 6.07) is -0.469. The molecule has 0 radical (unpaired) electrons. The van der Waals surface area contributed by atoms with Gasteiger partial charge in [0, 0.05) is 23.7 Å². The first kappa shape index (κ1) is 34.7. The van der Waals surface area contributed by atoms with E-state index in [0.717, 1.165) is 25.1 Å². The van der Waals surface area contributed by atoms with Crippen LogP contribution < -0.4 is 5.32 Å². The van der Waals surface area contributed by atoms with E-state index >= 15 is 0 Å². The summed E-state index contributed by atoms with van der Waals surface area (Å²) < 4.78 is 5.02. The quantitative estimate of drug-likeness (QED) is 0.0651. The molecule has 1 rings (SSSR count). The predicted octanol–water partition coefficient (Wildman–Crippen LogP) is 1.54. The van der Waals surface area contributed by atoms with Gasteiger partial charge in [-0.25, -0.2) is 0 Å². The van der Waals surface area contributed by atoms with Gasteiger partial charge in [0.1, 0.15) is 12.2 Å². The smallest absolute Gasteiger partial charge is 0.310 e. The molecule has 11 heteroatoms. The van der Waals surface area contributed by atoms with Gasteiger partial charge in [-0.15, -0.1) is 0 Å². The lowest BCUT2D eigenvalue weighted by atomic mass is 9.94. The minimum atomic E-state index is -1.15. The number of rotatable bonds is 16. The number of nitro groups is 1. The Morgan fingerprint density at radius 1 is 1.14 bits per heavy atom. The molecule has 0 spiro atoms. The molecule has 0 amide bonds. The Labute approximate surface area is 220 Å². The van der Waals surface area contributed by atoms with Crippen molar-refractivity contribution in [2.45, 2.75) is 83.6 Å². The van der Waals surface area contributed by atoms with Gasteiger partial charge in [-0.2, -0.15) is 0 Å². The van der Waals surface area contributed by atoms with E-state index in [1.54, 1.807) is 17.1 Å². The van der Waals surface area contributed by atoms with Crippen molar-refractivity contribution in [1.82, 2.24) is 10.2 Å². The van der Waals surface area contributed by atoms with E-state index in [1.165, 1.54) is 25.3 Å². The standard InChI is InChI=1S/C18H30N2O4.C8H17NO4/c1-4-6-7-8-12-19-16(3)9-10-17(11-13-20(22)23)15-18(21)24-14-5-2;1-2-9-3-6(11)8(13)7(12)5(9)4-10/h9-11,19H,3-8,12-15H2,1-2H3;5-8,10-13H,2-4H2,1H3/b10-9-,17-11+;/t;5?,6-,7+,8+/m.0/s1. The Kier molecular flexibility index (Phi) is 19.4. The van der Waals surface area contributed by atoms with E-state index < -0.39 is 29.3 Å². The molecule has 5 N–H and O–H groups in total. The van der Waals surface area contributed by atoms with Crippen molar-refractivity contribution in [2.24, 2.45) is 0 Å².